The van der Waals surface area contributed by atoms with Gasteiger partial charge in [-0.3, -0.25) is 14.4 Å². The van der Waals surface area contributed by atoms with E-state index in [-0.39, 0.29) is 24.7 Å². The molecule has 1 unspecified atom stereocenters. The molecule has 0 radical (unpaired) electrons. The van der Waals surface area contributed by atoms with Crippen molar-refractivity contribution in [2.45, 2.75) is 45.2 Å². The molecule has 0 aliphatic carbocycles. The topological polar surface area (TPSA) is 81.5 Å². The van der Waals surface area contributed by atoms with Crippen molar-refractivity contribution in [2.75, 3.05) is 4.90 Å². The SMILES string of the molecule is CC(C)(C)N(C(=O)Cc1ccc(Cl)cc1)C1CC(=O)N(c2ccc(C#N)cc2)C1=O. The summed E-state index contributed by atoms with van der Waals surface area (Å²) in [4.78, 5) is 41.7. The quantitative estimate of drug-likeness (QED) is 0.702. The Labute approximate surface area is 180 Å². The average Bonchev–Trinajstić information content (AvgIpc) is 2.96. The van der Waals surface area contributed by atoms with Crippen LogP contribution in [0.1, 0.15) is 38.3 Å². The highest BCUT2D eigenvalue weighted by Gasteiger charge is 2.47. The van der Waals surface area contributed by atoms with Crippen LogP contribution in [0.2, 0.25) is 5.02 Å². The number of benzene rings is 2. The van der Waals surface area contributed by atoms with Crippen molar-refractivity contribution in [2.24, 2.45) is 0 Å². The molecule has 1 heterocycles. The highest BCUT2D eigenvalue weighted by atomic mass is 35.5. The van der Waals surface area contributed by atoms with Crippen molar-refractivity contribution in [3.8, 4) is 6.07 Å². The van der Waals surface area contributed by atoms with Crippen LogP contribution in [0.3, 0.4) is 0 Å². The predicted octanol–water partition coefficient (Wildman–Crippen LogP) is 3.71. The van der Waals surface area contributed by atoms with Crippen molar-refractivity contribution < 1.29 is 14.4 Å². The van der Waals surface area contributed by atoms with E-state index in [1.165, 1.54) is 4.90 Å². The number of anilines is 1. The summed E-state index contributed by atoms with van der Waals surface area (Å²) in [5.74, 6) is -1.05. The molecule has 1 aliphatic heterocycles. The highest BCUT2D eigenvalue weighted by molar-refractivity contribution is 6.30. The molecule has 30 heavy (non-hydrogen) atoms. The van der Waals surface area contributed by atoms with E-state index in [4.69, 9.17) is 16.9 Å². The van der Waals surface area contributed by atoms with Crippen molar-refractivity contribution in [1.29, 1.82) is 5.26 Å². The second kappa shape index (κ2) is 8.29. The molecule has 6 nitrogen and oxygen atoms in total. The fourth-order valence-corrected chi connectivity index (χ4v) is 3.78. The first-order chi connectivity index (χ1) is 14.1. The van der Waals surface area contributed by atoms with Gasteiger partial charge in [-0.25, -0.2) is 4.90 Å². The van der Waals surface area contributed by atoms with Crippen LogP contribution < -0.4 is 4.90 Å². The molecule has 2 aromatic carbocycles. The molecule has 0 spiro atoms. The van der Waals surface area contributed by atoms with E-state index >= 15 is 0 Å². The van der Waals surface area contributed by atoms with E-state index in [1.54, 1.807) is 48.5 Å². The van der Waals surface area contributed by atoms with Gasteiger partial charge >= 0.3 is 0 Å². The first kappa shape index (κ1) is 21.5. The highest BCUT2D eigenvalue weighted by Crippen LogP contribution is 2.30. The minimum absolute atomic E-state index is 0.0809. The van der Waals surface area contributed by atoms with Crippen LogP contribution in [-0.4, -0.2) is 34.2 Å². The monoisotopic (exact) mass is 423 g/mol. The second-order valence-electron chi connectivity index (χ2n) is 8.18. The summed E-state index contributed by atoms with van der Waals surface area (Å²) >= 11 is 5.91. The number of carbonyl (C=O) groups is 3. The maximum atomic E-state index is 13.2. The largest absolute Gasteiger partial charge is 0.325 e. The van der Waals surface area contributed by atoms with Crippen molar-refractivity contribution in [3.63, 3.8) is 0 Å². The van der Waals surface area contributed by atoms with Gasteiger partial charge in [0.2, 0.25) is 11.8 Å². The van der Waals surface area contributed by atoms with Gasteiger partial charge in [-0.2, -0.15) is 5.26 Å². The summed E-state index contributed by atoms with van der Waals surface area (Å²) in [7, 11) is 0. The van der Waals surface area contributed by atoms with Gasteiger partial charge in [-0.1, -0.05) is 23.7 Å². The number of amides is 3. The molecule has 1 aliphatic rings. The predicted molar refractivity (Wildman–Crippen MR) is 114 cm³/mol. The maximum Gasteiger partial charge on any atom is 0.257 e. The Balaban J connectivity index is 1.88. The Bertz CT molecular complexity index is 1020. The van der Waals surface area contributed by atoms with Gasteiger partial charge in [-0.15, -0.1) is 0 Å². The molecule has 2 aromatic rings. The fourth-order valence-electron chi connectivity index (χ4n) is 3.65. The third-order valence-electron chi connectivity index (χ3n) is 4.95. The van der Waals surface area contributed by atoms with Crippen LogP contribution in [-0.2, 0) is 20.8 Å². The molecule has 3 rings (SSSR count). The number of hydrogen-bond acceptors (Lipinski definition) is 4. The van der Waals surface area contributed by atoms with E-state index < -0.39 is 17.5 Å². The number of carbonyl (C=O) groups excluding carboxylic acids is 3. The molecule has 1 saturated heterocycles. The van der Waals surface area contributed by atoms with Crippen LogP contribution in [0, 0.1) is 11.3 Å². The summed E-state index contributed by atoms with van der Waals surface area (Å²) in [5, 5.41) is 9.53. The summed E-state index contributed by atoms with van der Waals surface area (Å²) in [6.07, 6.45) is 0.0196. The number of halogens is 1. The zero-order valence-electron chi connectivity index (χ0n) is 17.1. The summed E-state index contributed by atoms with van der Waals surface area (Å²) in [6, 6.07) is 14.3. The molecule has 154 valence electrons. The number of hydrogen-bond donors (Lipinski definition) is 0. The fraction of sp³-hybridized carbons (Fsp3) is 0.304. The lowest BCUT2D eigenvalue weighted by molar-refractivity contribution is -0.143. The number of nitriles is 1. The van der Waals surface area contributed by atoms with E-state index in [0.717, 1.165) is 10.5 Å². The summed E-state index contributed by atoms with van der Waals surface area (Å²) < 4.78 is 0. The molecule has 0 bridgehead atoms. The normalized spacial score (nSPS) is 16.5. The number of imide groups is 1. The van der Waals surface area contributed by atoms with Gasteiger partial charge in [0, 0.05) is 10.6 Å². The summed E-state index contributed by atoms with van der Waals surface area (Å²) in [5.41, 5.74) is 0.943. The number of nitrogens with zero attached hydrogens (tertiary/aromatic N) is 3. The standard InChI is InChI=1S/C23H22ClN3O3/c1-23(2,3)27(21(29)12-15-4-8-17(24)9-5-15)19-13-20(28)26(22(19)30)18-10-6-16(14-25)7-11-18/h4-11,19H,12-13H2,1-3H3. The molecule has 1 fully saturated rings. The van der Waals surface area contributed by atoms with E-state index in [9.17, 15) is 14.4 Å². The third kappa shape index (κ3) is 4.37. The van der Waals surface area contributed by atoms with Crippen molar-refractivity contribution >= 4 is 35.0 Å². The Morgan fingerprint density at radius 3 is 2.27 bits per heavy atom. The van der Waals surface area contributed by atoms with Crippen LogP contribution >= 0.6 is 11.6 Å². The van der Waals surface area contributed by atoms with Gasteiger partial charge < -0.3 is 4.90 Å². The Morgan fingerprint density at radius 2 is 1.73 bits per heavy atom. The smallest absolute Gasteiger partial charge is 0.257 e. The van der Waals surface area contributed by atoms with E-state index in [1.807, 2.05) is 26.8 Å². The van der Waals surface area contributed by atoms with Crippen molar-refractivity contribution in [1.82, 2.24) is 4.90 Å². The lowest BCUT2D eigenvalue weighted by Gasteiger charge is -2.39. The second-order valence-corrected chi connectivity index (χ2v) is 8.62. The minimum atomic E-state index is -0.882. The summed E-state index contributed by atoms with van der Waals surface area (Å²) in [6.45, 7) is 5.53. The van der Waals surface area contributed by atoms with Crippen LogP contribution in [0.15, 0.2) is 48.5 Å². The molecule has 0 saturated carbocycles. The minimum Gasteiger partial charge on any atom is -0.325 e. The Morgan fingerprint density at radius 1 is 1.13 bits per heavy atom. The Kier molecular flexibility index (Phi) is 5.95. The molecule has 0 N–H and O–H groups in total. The lowest BCUT2D eigenvalue weighted by atomic mass is 9.99. The molecule has 7 heteroatoms. The molecule has 1 atom stereocenters. The first-order valence-corrected chi connectivity index (χ1v) is 9.93. The number of rotatable bonds is 4. The molecular formula is C23H22ClN3O3. The van der Waals surface area contributed by atoms with Gasteiger partial charge in [0.25, 0.3) is 5.91 Å². The lowest BCUT2D eigenvalue weighted by Crippen LogP contribution is -2.55. The molecule has 0 aromatic heterocycles. The van der Waals surface area contributed by atoms with Crippen molar-refractivity contribution in [3.05, 3.63) is 64.7 Å². The van der Waals surface area contributed by atoms with Crippen LogP contribution in [0.4, 0.5) is 5.69 Å². The van der Waals surface area contributed by atoms with Gasteiger partial charge in [0.15, 0.2) is 0 Å². The van der Waals surface area contributed by atoms with E-state index in [2.05, 4.69) is 0 Å². The zero-order chi connectivity index (χ0) is 22.1. The first-order valence-electron chi connectivity index (χ1n) is 9.55. The van der Waals surface area contributed by atoms with Gasteiger partial charge in [0.05, 0.1) is 30.2 Å². The zero-order valence-corrected chi connectivity index (χ0v) is 17.8. The Hall–Kier alpha value is -3.17. The third-order valence-corrected chi connectivity index (χ3v) is 5.20. The van der Waals surface area contributed by atoms with Crippen LogP contribution in [0.25, 0.3) is 0 Å². The van der Waals surface area contributed by atoms with E-state index in [0.29, 0.717) is 16.3 Å². The average molecular weight is 424 g/mol. The molecular weight excluding hydrogens is 402 g/mol. The van der Waals surface area contributed by atoms with Crippen LogP contribution in [0.5, 0.6) is 0 Å². The van der Waals surface area contributed by atoms with Gasteiger partial charge in [-0.05, 0) is 62.7 Å². The molecule has 3 amide bonds. The maximum absolute atomic E-state index is 13.2. The van der Waals surface area contributed by atoms with Gasteiger partial charge in [0.1, 0.15) is 6.04 Å².